The second kappa shape index (κ2) is 4.85. The number of rotatable bonds is 3. The predicted octanol–water partition coefficient (Wildman–Crippen LogP) is 2.50. The number of nitrogens with zero attached hydrogens (tertiary/aromatic N) is 3. The van der Waals surface area contributed by atoms with E-state index in [-0.39, 0.29) is 5.88 Å². The highest BCUT2D eigenvalue weighted by Crippen LogP contribution is 2.21. The van der Waals surface area contributed by atoms with Gasteiger partial charge in [-0.05, 0) is 30.7 Å². The second-order valence-corrected chi connectivity index (χ2v) is 4.69. The molecular weight excluding hydrogens is 254 g/mol. The van der Waals surface area contributed by atoms with E-state index in [2.05, 4.69) is 10.1 Å². The van der Waals surface area contributed by atoms with E-state index < -0.39 is 0 Å². The molecule has 1 N–H and O–H groups in total. The largest absolute Gasteiger partial charge is 0.497 e. The minimum atomic E-state index is 0.0500. The molecule has 0 amide bonds. The molecule has 0 saturated heterocycles. The van der Waals surface area contributed by atoms with E-state index in [1.807, 2.05) is 37.3 Å². The Hall–Kier alpha value is -2.56. The van der Waals surface area contributed by atoms with E-state index >= 15 is 0 Å². The Morgan fingerprint density at radius 1 is 1.25 bits per heavy atom. The van der Waals surface area contributed by atoms with Crippen LogP contribution in [0.4, 0.5) is 0 Å². The fraction of sp³-hybridized carbons (Fsp3) is 0.200. The number of methoxy groups -OCH3 is 1. The zero-order chi connectivity index (χ0) is 14.1. The van der Waals surface area contributed by atoms with Crippen LogP contribution in [-0.4, -0.2) is 27.0 Å². The molecule has 2 heterocycles. The molecular formula is C15H15N3O2. The maximum absolute atomic E-state index is 9.73. The summed E-state index contributed by atoms with van der Waals surface area (Å²) in [7, 11) is 1.64. The van der Waals surface area contributed by atoms with Gasteiger partial charge in [-0.25, -0.2) is 4.68 Å². The summed E-state index contributed by atoms with van der Waals surface area (Å²) in [5.41, 5.74) is 2.53. The van der Waals surface area contributed by atoms with E-state index in [1.165, 1.54) is 0 Å². The summed E-state index contributed by atoms with van der Waals surface area (Å²) in [5, 5.41) is 15.0. The lowest BCUT2D eigenvalue weighted by Gasteiger charge is -2.05. The molecule has 3 rings (SSSR count). The van der Waals surface area contributed by atoms with Gasteiger partial charge in [0.2, 0.25) is 5.88 Å². The van der Waals surface area contributed by atoms with Crippen LogP contribution in [0.2, 0.25) is 0 Å². The average Bonchev–Trinajstić information content (AvgIpc) is 2.83. The molecule has 0 aliphatic carbocycles. The van der Waals surface area contributed by atoms with Gasteiger partial charge < -0.3 is 9.84 Å². The van der Waals surface area contributed by atoms with Gasteiger partial charge in [-0.2, -0.15) is 10.1 Å². The maximum atomic E-state index is 9.73. The fourth-order valence-electron chi connectivity index (χ4n) is 2.12. The molecule has 5 nitrogen and oxygen atoms in total. The van der Waals surface area contributed by atoms with Crippen LogP contribution in [-0.2, 0) is 6.54 Å². The quantitative estimate of drug-likeness (QED) is 0.793. The minimum Gasteiger partial charge on any atom is -0.497 e. The molecule has 3 aromatic rings. The number of hydrogen-bond donors (Lipinski definition) is 1. The predicted molar refractivity (Wildman–Crippen MR) is 76.0 cm³/mol. The van der Waals surface area contributed by atoms with E-state index in [0.29, 0.717) is 12.2 Å². The van der Waals surface area contributed by atoms with Crippen molar-refractivity contribution in [3.8, 4) is 11.6 Å². The Morgan fingerprint density at radius 2 is 2.00 bits per heavy atom. The van der Waals surface area contributed by atoms with Crippen LogP contribution in [0, 0.1) is 6.92 Å². The minimum absolute atomic E-state index is 0.0500. The van der Waals surface area contributed by atoms with Gasteiger partial charge in [0.25, 0.3) is 0 Å². The Bertz CT molecular complexity index is 748. The van der Waals surface area contributed by atoms with Crippen LogP contribution in [0.15, 0.2) is 36.5 Å². The van der Waals surface area contributed by atoms with Gasteiger partial charge >= 0.3 is 0 Å². The molecule has 0 aliphatic rings. The van der Waals surface area contributed by atoms with Crippen LogP contribution >= 0.6 is 0 Å². The molecule has 20 heavy (non-hydrogen) atoms. The van der Waals surface area contributed by atoms with Gasteiger partial charge in [-0.1, -0.05) is 12.1 Å². The monoisotopic (exact) mass is 269 g/mol. The van der Waals surface area contributed by atoms with Crippen LogP contribution in [0.1, 0.15) is 11.1 Å². The third kappa shape index (κ3) is 2.18. The second-order valence-electron chi connectivity index (χ2n) is 4.69. The standard InChI is InChI=1S/C15H15N3O2/c1-10-7-12-8-16-18(14(12)17-15(10)19)9-11-3-5-13(20-2)6-4-11/h3-8H,9H2,1-2H3,(H,17,19). The number of hydrogen-bond acceptors (Lipinski definition) is 4. The lowest BCUT2D eigenvalue weighted by atomic mass is 10.2. The van der Waals surface area contributed by atoms with E-state index in [9.17, 15) is 5.11 Å². The number of aryl methyl sites for hydroxylation is 1. The summed E-state index contributed by atoms with van der Waals surface area (Å²) in [6.45, 7) is 2.42. The van der Waals surface area contributed by atoms with Crippen molar-refractivity contribution in [1.82, 2.24) is 14.8 Å². The third-order valence-electron chi connectivity index (χ3n) is 3.27. The van der Waals surface area contributed by atoms with Crippen molar-refractivity contribution in [2.24, 2.45) is 0 Å². The highest BCUT2D eigenvalue weighted by atomic mass is 16.5. The molecule has 0 bridgehead atoms. The zero-order valence-electron chi connectivity index (χ0n) is 11.4. The van der Waals surface area contributed by atoms with Crippen molar-refractivity contribution >= 4 is 11.0 Å². The smallest absolute Gasteiger partial charge is 0.215 e. The topological polar surface area (TPSA) is 60.2 Å². The summed E-state index contributed by atoms with van der Waals surface area (Å²) in [5.74, 6) is 0.874. The normalized spacial score (nSPS) is 10.9. The summed E-state index contributed by atoms with van der Waals surface area (Å²) in [4.78, 5) is 4.20. The van der Waals surface area contributed by atoms with Crippen molar-refractivity contribution in [2.75, 3.05) is 7.11 Å². The lowest BCUT2D eigenvalue weighted by molar-refractivity contribution is 0.414. The molecule has 2 aromatic heterocycles. The Labute approximate surface area is 116 Å². The van der Waals surface area contributed by atoms with Crippen molar-refractivity contribution in [3.05, 3.63) is 47.7 Å². The first kappa shape index (κ1) is 12.5. The van der Waals surface area contributed by atoms with Gasteiger partial charge in [0.1, 0.15) is 5.75 Å². The van der Waals surface area contributed by atoms with E-state index in [0.717, 1.165) is 22.3 Å². The molecule has 0 unspecified atom stereocenters. The van der Waals surface area contributed by atoms with Crippen LogP contribution in [0.3, 0.4) is 0 Å². The average molecular weight is 269 g/mol. The number of pyridine rings is 1. The number of aromatic nitrogens is 3. The number of fused-ring (bicyclic) bond motifs is 1. The summed E-state index contributed by atoms with van der Waals surface area (Å²) >= 11 is 0. The molecule has 0 saturated carbocycles. The van der Waals surface area contributed by atoms with Crippen molar-refractivity contribution in [3.63, 3.8) is 0 Å². The van der Waals surface area contributed by atoms with Crippen molar-refractivity contribution in [2.45, 2.75) is 13.5 Å². The van der Waals surface area contributed by atoms with Crippen LogP contribution in [0.25, 0.3) is 11.0 Å². The highest BCUT2D eigenvalue weighted by Gasteiger charge is 2.08. The number of aromatic hydroxyl groups is 1. The first-order valence-electron chi connectivity index (χ1n) is 6.32. The maximum Gasteiger partial charge on any atom is 0.215 e. The summed E-state index contributed by atoms with van der Waals surface area (Å²) in [6.07, 6.45) is 1.76. The first-order valence-corrected chi connectivity index (χ1v) is 6.32. The fourth-order valence-corrected chi connectivity index (χ4v) is 2.12. The van der Waals surface area contributed by atoms with Crippen molar-refractivity contribution in [1.29, 1.82) is 0 Å². The Balaban J connectivity index is 1.95. The Morgan fingerprint density at radius 3 is 2.70 bits per heavy atom. The van der Waals surface area contributed by atoms with Gasteiger partial charge in [0.15, 0.2) is 5.65 Å². The number of benzene rings is 1. The van der Waals surface area contributed by atoms with E-state index in [4.69, 9.17) is 4.74 Å². The molecule has 0 spiro atoms. The summed E-state index contributed by atoms with van der Waals surface area (Å²) in [6, 6.07) is 9.68. The highest BCUT2D eigenvalue weighted by molar-refractivity contribution is 5.76. The number of ether oxygens (including phenoxy) is 1. The Kier molecular flexibility index (Phi) is 3.02. The third-order valence-corrected chi connectivity index (χ3v) is 3.27. The molecule has 1 aromatic carbocycles. The molecule has 0 aliphatic heterocycles. The zero-order valence-corrected chi connectivity index (χ0v) is 11.4. The molecule has 0 fully saturated rings. The van der Waals surface area contributed by atoms with Gasteiger partial charge in [-0.3, -0.25) is 0 Å². The van der Waals surface area contributed by atoms with Gasteiger partial charge in [0.05, 0.1) is 19.9 Å². The molecule has 0 radical (unpaired) electrons. The lowest BCUT2D eigenvalue weighted by Crippen LogP contribution is -2.02. The molecule has 5 heteroatoms. The van der Waals surface area contributed by atoms with E-state index in [1.54, 1.807) is 18.0 Å². The van der Waals surface area contributed by atoms with Gasteiger partial charge in [-0.15, -0.1) is 0 Å². The van der Waals surface area contributed by atoms with Crippen LogP contribution < -0.4 is 4.74 Å². The molecule has 0 atom stereocenters. The SMILES string of the molecule is COc1ccc(Cn2ncc3cc(C)c(O)nc32)cc1. The molecule has 102 valence electrons. The first-order chi connectivity index (χ1) is 9.67. The van der Waals surface area contributed by atoms with Crippen molar-refractivity contribution < 1.29 is 9.84 Å². The van der Waals surface area contributed by atoms with Crippen LogP contribution in [0.5, 0.6) is 11.6 Å². The van der Waals surface area contributed by atoms with Gasteiger partial charge in [0, 0.05) is 10.9 Å². The summed E-state index contributed by atoms with van der Waals surface area (Å²) < 4.78 is 6.91.